The van der Waals surface area contributed by atoms with Gasteiger partial charge in [0.15, 0.2) is 11.5 Å². The molecule has 2 amide bonds. The molecule has 0 saturated heterocycles. The van der Waals surface area contributed by atoms with E-state index >= 15 is 0 Å². The van der Waals surface area contributed by atoms with Crippen LogP contribution in [0.3, 0.4) is 0 Å². The summed E-state index contributed by atoms with van der Waals surface area (Å²) < 4.78 is 18.3. The molecule has 1 atom stereocenters. The van der Waals surface area contributed by atoms with Gasteiger partial charge in [-0.1, -0.05) is 47.2 Å². The Bertz CT molecular complexity index is 1530. The largest absolute Gasteiger partial charge is 0.493 e. The van der Waals surface area contributed by atoms with E-state index in [0.717, 1.165) is 16.6 Å². The minimum absolute atomic E-state index is 0.0992. The van der Waals surface area contributed by atoms with Gasteiger partial charge in [0, 0.05) is 12.1 Å². The number of aryl methyl sites for hydroxylation is 1. The Morgan fingerprint density at radius 3 is 2.26 bits per heavy atom. The summed E-state index contributed by atoms with van der Waals surface area (Å²) in [5.41, 5.74) is 3.55. The van der Waals surface area contributed by atoms with Crippen LogP contribution in [0.2, 0.25) is 0 Å². The summed E-state index contributed by atoms with van der Waals surface area (Å²) in [6.45, 7) is 7.90. The van der Waals surface area contributed by atoms with Crippen molar-refractivity contribution in [1.82, 2.24) is 25.2 Å². The second-order valence-electron chi connectivity index (χ2n) is 11.2. The number of ether oxygens (including phenoxy) is 3. The van der Waals surface area contributed by atoms with Crippen LogP contribution in [-0.2, 0) is 22.6 Å². The van der Waals surface area contributed by atoms with E-state index in [4.69, 9.17) is 14.2 Å². The van der Waals surface area contributed by atoms with Crippen molar-refractivity contribution in [2.75, 3.05) is 27.9 Å². The number of rotatable bonds is 11. The Balaban J connectivity index is 1.83. The summed E-state index contributed by atoms with van der Waals surface area (Å²) in [5.74, 6) is 0.534. The molecule has 10 nitrogen and oxygen atoms in total. The van der Waals surface area contributed by atoms with Gasteiger partial charge < -0.3 is 24.4 Å². The Morgan fingerprint density at radius 2 is 1.64 bits per heavy atom. The molecule has 1 heterocycles. The fourth-order valence-electron chi connectivity index (χ4n) is 4.94. The molecule has 0 aliphatic heterocycles. The van der Waals surface area contributed by atoms with E-state index in [0.29, 0.717) is 34.7 Å². The maximum atomic E-state index is 14.2. The number of benzene rings is 3. The quantitative estimate of drug-likeness (QED) is 0.282. The SMILES string of the molecule is COc1cc([C@H](C(=O)NC(C)(C)C)N(CCc2cccc(C)c2)C(=O)Cn2nnc3ccccc32)cc(OC)c1OC. The minimum atomic E-state index is -1.01. The highest BCUT2D eigenvalue weighted by atomic mass is 16.5. The summed E-state index contributed by atoms with van der Waals surface area (Å²) in [7, 11) is 4.55. The monoisotopic (exact) mass is 573 g/mol. The molecule has 0 bridgehead atoms. The third-order valence-corrected chi connectivity index (χ3v) is 6.81. The molecule has 0 unspecified atom stereocenters. The van der Waals surface area contributed by atoms with E-state index in [-0.39, 0.29) is 24.9 Å². The van der Waals surface area contributed by atoms with E-state index in [2.05, 4.69) is 21.7 Å². The zero-order valence-electron chi connectivity index (χ0n) is 25.3. The number of methoxy groups -OCH3 is 3. The molecule has 3 aromatic carbocycles. The predicted molar refractivity (Wildman–Crippen MR) is 161 cm³/mol. The van der Waals surface area contributed by atoms with Crippen molar-refractivity contribution in [3.05, 3.63) is 77.4 Å². The molecule has 4 aromatic rings. The molecule has 4 rings (SSSR count). The van der Waals surface area contributed by atoms with Crippen molar-refractivity contribution >= 4 is 22.8 Å². The van der Waals surface area contributed by atoms with E-state index in [1.54, 1.807) is 21.7 Å². The lowest BCUT2D eigenvalue weighted by Gasteiger charge is -2.34. The first-order valence-electron chi connectivity index (χ1n) is 13.8. The lowest BCUT2D eigenvalue weighted by Crippen LogP contribution is -2.50. The van der Waals surface area contributed by atoms with Gasteiger partial charge in [-0.2, -0.15) is 0 Å². The molecule has 0 aliphatic rings. The van der Waals surface area contributed by atoms with Crippen molar-refractivity contribution in [2.45, 2.75) is 52.2 Å². The molecule has 0 saturated carbocycles. The minimum Gasteiger partial charge on any atom is -0.493 e. The average Bonchev–Trinajstić information content (AvgIpc) is 3.35. The van der Waals surface area contributed by atoms with Crippen molar-refractivity contribution < 1.29 is 23.8 Å². The standard InChI is InChI=1S/C32H39N5O5/c1-21-11-10-12-22(17-21)15-16-36(28(38)20-37-25-14-9-8-13-24(25)34-35-37)29(31(39)33-32(2,3)4)23-18-26(40-5)30(42-7)27(19-23)41-6/h8-14,17-19,29H,15-16,20H2,1-7H3,(H,33,39)/t29-/m1/s1. The number of fused-ring (bicyclic) bond motifs is 1. The maximum Gasteiger partial charge on any atom is 0.247 e. The zero-order chi connectivity index (χ0) is 30.4. The Morgan fingerprint density at radius 1 is 0.952 bits per heavy atom. The highest BCUT2D eigenvalue weighted by Crippen LogP contribution is 2.41. The highest BCUT2D eigenvalue weighted by Gasteiger charge is 2.35. The molecule has 10 heteroatoms. The van der Waals surface area contributed by atoms with Crippen LogP contribution in [0.5, 0.6) is 17.2 Å². The topological polar surface area (TPSA) is 108 Å². The lowest BCUT2D eigenvalue weighted by atomic mass is 9.99. The van der Waals surface area contributed by atoms with Crippen LogP contribution in [0.25, 0.3) is 11.0 Å². The van der Waals surface area contributed by atoms with Gasteiger partial charge in [0.05, 0.1) is 26.8 Å². The number of carbonyl (C=O) groups excluding carboxylic acids is 2. The summed E-state index contributed by atoms with van der Waals surface area (Å²) in [6.07, 6.45) is 0.537. The fourth-order valence-corrected chi connectivity index (χ4v) is 4.94. The molecule has 222 valence electrons. The third kappa shape index (κ3) is 6.99. The van der Waals surface area contributed by atoms with Crippen LogP contribution in [0, 0.1) is 6.92 Å². The molecule has 1 N–H and O–H groups in total. The van der Waals surface area contributed by atoms with Gasteiger partial charge in [-0.05, 0) is 69.5 Å². The first-order chi connectivity index (χ1) is 20.0. The average molecular weight is 574 g/mol. The van der Waals surface area contributed by atoms with Crippen molar-refractivity contribution in [1.29, 1.82) is 0 Å². The van der Waals surface area contributed by atoms with E-state index in [9.17, 15) is 9.59 Å². The van der Waals surface area contributed by atoms with Gasteiger partial charge in [-0.15, -0.1) is 5.10 Å². The molecule has 0 radical (unpaired) electrons. The Kier molecular flexibility index (Phi) is 9.35. The summed E-state index contributed by atoms with van der Waals surface area (Å²) >= 11 is 0. The third-order valence-electron chi connectivity index (χ3n) is 6.81. The number of nitrogens with one attached hydrogen (secondary N) is 1. The number of nitrogens with zero attached hydrogens (tertiary/aromatic N) is 4. The molecule has 42 heavy (non-hydrogen) atoms. The van der Waals surface area contributed by atoms with Crippen LogP contribution in [0.15, 0.2) is 60.7 Å². The van der Waals surface area contributed by atoms with Crippen molar-refractivity contribution in [3.8, 4) is 17.2 Å². The molecule has 0 fully saturated rings. The zero-order valence-corrected chi connectivity index (χ0v) is 25.3. The number of para-hydroxylation sites is 1. The first-order valence-corrected chi connectivity index (χ1v) is 13.8. The van der Waals surface area contributed by atoms with Crippen molar-refractivity contribution in [2.24, 2.45) is 0 Å². The maximum absolute atomic E-state index is 14.2. The van der Waals surface area contributed by atoms with Crippen LogP contribution in [0.4, 0.5) is 0 Å². The summed E-state index contributed by atoms with van der Waals surface area (Å²) in [6, 6.07) is 18.0. The normalized spacial score (nSPS) is 12.1. The molecule has 1 aromatic heterocycles. The van der Waals surface area contributed by atoms with Gasteiger partial charge in [-0.25, -0.2) is 4.68 Å². The summed E-state index contributed by atoms with van der Waals surface area (Å²) in [5, 5.41) is 11.5. The van der Waals surface area contributed by atoms with E-state index in [1.807, 2.05) is 70.2 Å². The highest BCUT2D eigenvalue weighted by molar-refractivity contribution is 5.90. The van der Waals surface area contributed by atoms with Crippen LogP contribution in [0.1, 0.15) is 43.5 Å². The smallest absolute Gasteiger partial charge is 0.247 e. The van der Waals surface area contributed by atoms with E-state index < -0.39 is 11.6 Å². The number of carbonyl (C=O) groups is 2. The molecule has 0 spiro atoms. The number of amides is 2. The Labute approximate surface area is 246 Å². The first kappa shape index (κ1) is 30.4. The lowest BCUT2D eigenvalue weighted by molar-refractivity contribution is -0.142. The summed E-state index contributed by atoms with van der Waals surface area (Å²) in [4.78, 5) is 29.9. The van der Waals surface area contributed by atoms with E-state index in [1.165, 1.54) is 21.3 Å². The second-order valence-corrected chi connectivity index (χ2v) is 11.2. The second kappa shape index (κ2) is 12.9. The van der Waals surface area contributed by atoms with Gasteiger partial charge in [0.25, 0.3) is 0 Å². The Hall–Kier alpha value is -4.60. The van der Waals surface area contributed by atoms with Gasteiger partial charge in [-0.3, -0.25) is 9.59 Å². The van der Waals surface area contributed by atoms with Gasteiger partial charge >= 0.3 is 0 Å². The van der Waals surface area contributed by atoms with Gasteiger partial charge in [0.2, 0.25) is 17.6 Å². The fraction of sp³-hybridized carbons (Fsp3) is 0.375. The van der Waals surface area contributed by atoms with Crippen LogP contribution < -0.4 is 19.5 Å². The van der Waals surface area contributed by atoms with Crippen molar-refractivity contribution in [3.63, 3.8) is 0 Å². The molecular formula is C32H39N5O5. The molecular weight excluding hydrogens is 534 g/mol. The molecule has 0 aliphatic carbocycles. The van der Waals surface area contributed by atoms with Crippen LogP contribution >= 0.6 is 0 Å². The number of hydrogen-bond donors (Lipinski definition) is 1. The van der Waals surface area contributed by atoms with Gasteiger partial charge in [0.1, 0.15) is 18.1 Å². The number of aromatic nitrogens is 3. The number of hydrogen-bond acceptors (Lipinski definition) is 7. The predicted octanol–water partition coefficient (Wildman–Crippen LogP) is 4.49. The van der Waals surface area contributed by atoms with Crippen LogP contribution in [-0.4, -0.2) is 65.1 Å².